The van der Waals surface area contributed by atoms with Crippen molar-refractivity contribution >= 4 is 17.2 Å². The first kappa shape index (κ1) is 21.9. The normalized spacial score (nSPS) is 16.0. The van der Waals surface area contributed by atoms with Gasteiger partial charge in [-0.25, -0.2) is 19.3 Å². The Morgan fingerprint density at radius 2 is 1.91 bits per heavy atom. The van der Waals surface area contributed by atoms with Gasteiger partial charge in [-0.1, -0.05) is 6.07 Å². The Kier molecular flexibility index (Phi) is 5.05. The number of hydrogen-bond donors (Lipinski definition) is 1. The summed E-state index contributed by atoms with van der Waals surface area (Å²) in [5.74, 6) is -0.412. The minimum Gasteiger partial charge on any atom is -0.476 e. The summed E-state index contributed by atoms with van der Waals surface area (Å²) in [5.41, 5.74) is 2.57. The summed E-state index contributed by atoms with van der Waals surface area (Å²) in [4.78, 5) is 32.0. The van der Waals surface area contributed by atoms with E-state index in [0.29, 0.717) is 28.4 Å². The Hall–Kier alpha value is -3.92. The molecule has 1 atom stereocenters. The molecule has 9 nitrogen and oxygen atoms in total. The summed E-state index contributed by atoms with van der Waals surface area (Å²) in [6, 6.07) is 4.52. The van der Waals surface area contributed by atoms with E-state index >= 15 is 0 Å². The number of hydrogen-bond acceptors (Lipinski definition) is 7. The lowest BCUT2D eigenvalue weighted by molar-refractivity contribution is -0.125. The number of carbonyl (C=O) groups is 1. The summed E-state index contributed by atoms with van der Waals surface area (Å²) >= 11 is 0. The topological polar surface area (TPSA) is 106 Å². The van der Waals surface area contributed by atoms with Crippen LogP contribution in [-0.4, -0.2) is 41.5 Å². The van der Waals surface area contributed by atoms with Crippen molar-refractivity contribution in [3.63, 3.8) is 0 Å². The third-order valence-corrected chi connectivity index (χ3v) is 5.76. The number of aliphatic hydroxyl groups is 1. The largest absolute Gasteiger partial charge is 0.476 e. The molecule has 0 unspecified atom stereocenters. The van der Waals surface area contributed by atoms with Gasteiger partial charge >= 0.3 is 0 Å². The molecule has 1 aromatic carbocycles. The van der Waals surface area contributed by atoms with Crippen LogP contribution in [0, 0.1) is 12.7 Å². The molecule has 1 amide bonds. The summed E-state index contributed by atoms with van der Waals surface area (Å²) in [6.07, 6.45) is 5.82. The van der Waals surface area contributed by atoms with E-state index < -0.39 is 17.5 Å². The van der Waals surface area contributed by atoms with E-state index in [9.17, 15) is 14.3 Å². The molecule has 10 heteroatoms. The van der Waals surface area contributed by atoms with Gasteiger partial charge in [-0.05, 0) is 39.8 Å². The molecule has 0 spiro atoms. The monoisotopic (exact) mass is 462 g/mol. The van der Waals surface area contributed by atoms with Gasteiger partial charge in [0.05, 0.1) is 35.5 Å². The second kappa shape index (κ2) is 7.84. The zero-order chi connectivity index (χ0) is 24.2. The van der Waals surface area contributed by atoms with Crippen LogP contribution in [0.5, 0.6) is 5.75 Å². The highest BCUT2D eigenvalue weighted by molar-refractivity contribution is 5.99. The van der Waals surface area contributed by atoms with Gasteiger partial charge in [0.2, 0.25) is 0 Å². The number of aromatic nitrogens is 5. The Labute approximate surface area is 194 Å². The molecule has 0 fully saturated rings. The molecule has 0 aliphatic carbocycles. The minimum absolute atomic E-state index is 0.0625. The molecule has 5 rings (SSSR count). The number of para-hydroxylation sites is 1. The maximum absolute atomic E-state index is 14.4. The highest BCUT2D eigenvalue weighted by Gasteiger charge is 2.34. The summed E-state index contributed by atoms with van der Waals surface area (Å²) in [5, 5.41) is 10.1. The van der Waals surface area contributed by atoms with Crippen molar-refractivity contribution in [2.75, 3.05) is 4.90 Å². The van der Waals surface area contributed by atoms with Crippen LogP contribution < -0.4 is 9.64 Å². The molecule has 3 aromatic heterocycles. The van der Waals surface area contributed by atoms with Crippen LogP contribution in [-0.2, 0) is 16.9 Å². The van der Waals surface area contributed by atoms with E-state index in [4.69, 9.17) is 4.74 Å². The molecule has 1 aliphatic heterocycles. The number of fused-ring (bicyclic) bond motifs is 2. The fourth-order valence-electron chi connectivity index (χ4n) is 3.94. The van der Waals surface area contributed by atoms with Crippen molar-refractivity contribution in [3.05, 3.63) is 66.0 Å². The van der Waals surface area contributed by atoms with E-state index in [0.717, 1.165) is 11.4 Å². The third kappa shape index (κ3) is 3.65. The van der Waals surface area contributed by atoms with Crippen LogP contribution in [0.3, 0.4) is 0 Å². The van der Waals surface area contributed by atoms with E-state index in [1.165, 1.54) is 11.0 Å². The van der Waals surface area contributed by atoms with E-state index in [1.54, 1.807) is 57.7 Å². The molecule has 4 aromatic rings. The number of aryl methyl sites for hydroxylation is 1. The van der Waals surface area contributed by atoms with Gasteiger partial charge in [-0.15, -0.1) is 0 Å². The quantitative estimate of drug-likeness (QED) is 0.497. The van der Waals surface area contributed by atoms with Gasteiger partial charge < -0.3 is 9.84 Å². The number of carbonyl (C=O) groups excluding carboxylic acids is 1. The molecule has 0 radical (unpaired) electrons. The number of imidazole rings is 1. The number of ether oxygens (including phenoxy) is 1. The Morgan fingerprint density at radius 3 is 2.62 bits per heavy atom. The van der Waals surface area contributed by atoms with Gasteiger partial charge in [0.1, 0.15) is 5.60 Å². The molecule has 0 bridgehead atoms. The van der Waals surface area contributed by atoms with E-state index in [2.05, 4.69) is 19.9 Å². The number of benzene rings is 1. The van der Waals surface area contributed by atoms with Crippen LogP contribution in [0.2, 0.25) is 0 Å². The van der Waals surface area contributed by atoms with Crippen molar-refractivity contribution in [1.82, 2.24) is 24.3 Å². The van der Waals surface area contributed by atoms with Crippen molar-refractivity contribution in [2.45, 2.75) is 45.9 Å². The molecular weight excluding hydrogens is 439 g/mol. The van der Waals surface area contributed by atoms with Crippen molar-refractivity contribution < 1.29 is 19.0 Å². The second-order valence-electron chi connectivity index (χ2n) is 8.77. The van der Waals surface area contributed by atoms with Crippen LogP contribution in [0.15, 0.2) is 43.0 Å². The predicted molar refractivity (Wildman–Crippen MR) is 122 cm³/mol. The lowest BCUT2D eigenvalue weighted by Crippen LogP contribution is -2.44. The Bertz CT molecular complexity index is 1410. The smallest absolute Gasteiger partial charge is 0.268 e. The van der Waals surface area contributed by atoms with E-state index in [1.807, 2.05) is 11.3 Å². The highest BCUT2D eigenvalue weighted by Crippen LogP contribution is 2.37. The van der Waals surface area contributed by atoms with Crippen LogP contribution >= 0.6 is 0 Å². The van der Waals surface area contributed by atoms with Gasteiger partial charge in [-0.3, -0.25) is 19.1 Å². The molecule has 0 saturated carbocycles. The standard InChI is InChI=1S/C24H23FN6O3/c1-13-19(12-31-18-7-5-6-16(25)21(18)34-14(2)22(31)32)30-11-17(26-10-20(30)29-13)15-8-27-23(28-9-15)24(3,4)33/h5-11,14,33H,12H2,1-4H3/t14-/m1/s1. The second-order valence-corrected chi connectivity index (χ2v) is 8.77. The number of amides is 1. The summed E-state index contributed by atoms with van der Waals surface area (Å²) in [7, 11) is 0. The zero-order valence-corrected chi connectivity index (χ0v) is 19.2. The maximum Gasteiger partial charge on any atom is 0.268 e. The lowest BCUT2D eigenvalue weighted by Gasteiger charge is -2.33. The maximum atomic E-state index is 14.4. The molecule has 4 heterocycles. The number of anilines is 1. The SMILES string of the molecule is Cc1nc2cnc(-c3cnc(C(C)(C)O)nc3)cn2c1CN1C(=O)[C@@H](C)Oc2c(F)cccc21. The van der Waals surface area contributed by atoms with Crippen LogP contribution in [0.4, 0.5) is 10.1 Å². The minimum atomic E-state index is -1.15. The average Bonchev–Trinajstić information content (AvgIpc) is 3.11. The molecule has 0 saturated heterocycles. The van der Waals surface area contributed by atoms with Crippen LogP contribution in [0.25, 0.3) is 16.9 Å². The highest BCUT2D eigenvalue weighted by atomic mass is 19.1. The predicted octanol–water partition coefficient (Wildman–Crippen LogP) is 3.18. The zero-order valence-electron chi connectivity index (χ0n) is 19.2. The molecule has 34 heavy (non-hydrogen) atoms. The lowest BCUT2D eigenvalue weighted by atomic mass is 10.1. The fourth-order valence-corrected chi connectivity index (χ4v) is 3.94. The molecule has 1 N–H and O–H groups in total. The Morgan fingerprint density at radius 1 is 1.18 bits per heavy atom. The Balaban J connectivity index is 1.56. The number of nitrogens with zero attached hydrogens (tertiary/aromatic N) is 6. The van der Waals surface area contributed by atoms with Gasteiger partial charge in [0, 0.05) is 24.2 Å². The van der Waals surface area contributed by atoms with E-state index in [-0.39, 0.29) is 18.2 Å². The first-order valence-corrected chi connectivity index (χ1v) is 10.8. The first-order valence-electron chi connectivity index (χ1n) is 10.8. The fraction of sp³-hybridized carbons (Fsp3) is 0.292. The third-order valence-electron chi connectivity index (χ3n) is 5.76. The van der Waals surface area contributed by atoms with Crippen molar-refractivity contribution in [3.8, 4) is 17.0 Å². The van der Waals surface area contributed by atoms with Gasteiger partial charge in [0.15, 0.2) is 29.1 Å². The molecular formula is C24H23FN6O3. The number of halogens is 1. The first-order chi connectivity index (χ1) is 16.1. The van der Waals surface area contributed by atoms with Gasteiger partial charge in [0.25, 0.3) is 5.91 Å². The van der Waals surface area contributed by atoms with Gasteiger partial charge in [-0.2, -0.15) is 0 Å². The van der Waals surface area contributed by atoms with Crippen molar-refractivity contribution in [2.24, 2.45) is 0 Å². The van der Waals surface area contributed by atoms with Crippen molar-refractivity contribution in [1.29, 1.82) is 0 Å². The molecule has 174 valence electrons. The van der Waals surface area contributed by atoms with Crippen LogP contribution in [0.1, 0.15) is 38.0 Å². The summed E-state index contributed by atoms with van der Waals surface area (Å²) < 4.78 is 21.8. The summed E-state index contributed by atoms with van der Waals surface area (Å²) in [6.45, 7) is 6.86. The average molecular weight is 462 g/mol. The number of rotatable bonds is 4. The molecule has 1 aliphatic rings.